The predicted octanol–water partition coefficient (Wildman–Crippen LogP) is 3.59. The molecule has 16 heavy (non-hydrogen) atoms. The van der Waals surface area contributed by atoms with E-state index in [1.807, 2.05) is 12.1 Å². The maximum Gasteiger partial charge on any atom is 0.119 e. The summed E-state index contributed by atoms with van der Waals surface area (Å²) in [6.45, 7) is 6.41. The lowest BCUT2D eigenvalue weighted by atomic mass is 10.1. The van der Waals surface area contributed by atoms with Gasteiger partial charge in [0.1, 0.15) is 5.75 Å². The van der Waals surface area contributed by atoms with Crippen molar-refractivity contribution in [1.82, 2.24) is 5.32 Å². The zero-order valence-corrected chi connectivity index (χ0v) is 11.8. The Bertz CT molecular complexity index is 328. The summed E-state index contributed by atoms with van der Waals surface area (Å²) in [5, 5.41) is 3.46. The lowest BCUT2D eigenvalue weighted by molar-refractivity contribution is 0.413. The van der Waals surface area contributed by atoms with Crippen molar-refractivity contribution >= 4 is 15.9 Å². The number of benzene rings is 1. The second kappa shape index (κ2) is 6.92. The van der Waals surface area contributed by atoms with E-state index in [4.69, 9.17) is 4.74 Å². The summed E-state index contributed by atoms with van der Waals surface area (Å²) in [5.41, 5.74) is 1.24. The highest BCUT2D eigenvalue weighted by atomic mass is 79.9. The van der Waals surface area contributed by atoms with E-state index < -0.39 is 0 Å². The highest BCUT2D eigenvalue weighted by molar-refractivity contribution is 9.10. The molecule has 0 aliphatic heterocycles. The zero-order chi connectivity index (χ0) is 12.0. The molecule has 3 heteroatoms. The van der Waals surface area contributed by atoms with Gasteiger partial charge in [0.15, 0.2) is 0 Å². The molecule has 0 bridgehead atoms. The van der Waals surface area contributed by atoms with E-state index in [0.29, 0.717) is 0 Å². The standard InChI is InChI=1S/C13H20BrNO/c1-4-10(2)8-15-9-11-7-12(16-3)5-6-13(11)14/h5-7,10,15H,4,8-9H2,1-3H3. The fourth-order valence-electron chi connectivity index (χ4n) is 1.41. The van der Waals surface area contributed by atoms with Crippen LogP contribution >= 0.6 is 15.9 Å². The molecule has 0 saturated carbocycles. The summed E-state index contributed by atoms with van der Waals surface area (Å²) in [5.74, 6) is 1.63. The van der Waals surface area contributed by atoms with E-state index in [9.17, 15) is 0 Å². The highest BCUT2D eigenvalue weighted by Crippen LogP contribution is 2.22. The van der Waals surface area contributed by atoms with Crippen molar-refractivity contribution in [2.45, 2.75) is 26.8 Å². The number of methoxy groups -OCH3 is 1. The third-order valence-electron chi connectivity index (χ3n) is 2.76. The maximum atomic E-state index is 5.21. The molecule has 90 valence electrons. The summed E-state index contributed by atoms with van der Waals surface area (Å²) < 4.78 is 6.34. The summed E-state index contributed by atoms with van der Waals surface area (Å²) in [7, 11) is 1.69. The van der Waals surface area contributed by atoms with Gasteiger partial charge in [-0.15, -0.1) is 0 Å². The van der Waals surface area contributed by atoms with Crippen LogP contribution in [0.4, 0.5) is 0 Å². The molecule has 1 aromatic carbocycles. The van der Waals surface area contributed by atoms with Gasteiger partial charge in [0.05, 0.1) is 7.11 Å². The van der Waals surface area contributed by atoms with Gasteiger partial charge in [-0.3, -0.25) is 0 Å². The maximum absolute atomic E-state index is 5.21. The number of hydrogen-bond donors (Lipinski definition) is 1. The van der Waals surface area contributed by atoms with Crippen molar-refractivity contribution in [1.29, 1.82) is 0 Å². The average molecular weight is 286 g/mol. The Morgan fingerprint density at radius 1 is 1.44 bits per heavy atom. The molecule has 0 aliphatic carbocycles. The number of ether oxygens (including phenoxy) is 1. The smallest absolute Gasteiger partial charge is 0.119 e. The SMILES string of the molecule is CCC(C)CNCc1cc(OC)ccc1Br. The van der Waals surface area contributed by atoms with Crippen LogP contribution in [0.2, 0.25) is 0 Å². The normalized spacial score (nSPS) is 12.5. The van der Waals surface area contributed by atoms with Crippen molar-refractivity contribution < 1.29 is 4.74 Å². The highest BCUT2D eigenvalue weighted by Gasteiger charge is 2.03. The molecule has 0 heterocycles. The van der Waals surface area contributed by atoms with Gasteiger partial charge in [-0.1, -0.05) is 36.2 Å². The number of hydrogen-bond acceptors (Lipinski definition) is 2. The van der Waals surface area contributed by atoms with Crippen LogP contribution in [-0.2, 0) is 6.54 Å². The first kappa shape index (κ1) is 13.5. The molecule has 0 aliphatic rings. The van der Waals surface area contributed by atoms with E-state index in [0.717, 1.165) is 29.2 Å². The number of nitrogens with one attached hydrogen (secondary N) is 1. The van der Waals surface area contributed by atoms with Crippen molar-refractivity contribution in [3.63, 3.8) is 0 Å². The minimum absolute atomic E-state index is 0.726. The van der Waals surface area contributed by atoms with Crippen LogP contribution in [-0.4, -0.2) is 13.7 Å². The zero-order valence-electron chi connectivity index (χ0n) is 10.2. The molecule has 0 radical (unpaired) electrons. The van der Waals surface area contributed by atoms with Gasteiger partial charge in [-0.05, 0) is 36.2 Å². The Morgan fingerprint density at radius 2 is 2.19 bits per heavy atom. The van der Waals surface area contributed by atoms with Crippen molar-refractivity contribution in [2.75, 3.05) is 13.7 Å². The lowest BCUT2D eigenvalue weighted by Gasteiger charge is -2.12. The first-order valence-electron chi connectivity index (χ1n) is 5.70. The van der Waals surface area contributed by atoms with Gasteiger partial charge in [0.2, 0.25) is 0 Å². The van der Waals surface area contributed by atoms with Gasteiger partial charge in [-0.2, -0.15) is 0 Å². The first-order chi connectivity index (χ1) is 7.67. The third kappa shape index (κ3) is 4.14. The number of rotatable bonds is 6. The van der Waals surface area contributed by atoms with Crippen LogP contribution in [0, 0.1) is 5.92 Å². The summed E-state index contributed by atoms with van der Waals surface area (Å²) in [6.07, 6.45) is 1.21. The van der Waals surface area contributed by atoms with Crippen LogP contribution in [0.25, 0.3) is 0 Å². The predicted molar refractivity (Wildman–Crippen MR) is 71.9 cm³/mol. The van der Waals surface area contributed by atoms with Crippen LogP contribution in [0.3, 0.4) is 0 Å². The summed E-state index contributed by atoms with van der Waals surface area (Å²) >= 11 is 3.55. The topological polar surface area (TPSA) is 21.3 Å². The van der Waals surface area contributed by atoms with E-state index >= 15 is 0 Å². The second-order valence-electron chi connectivity index (χ2n) is 4.10. The molecular weight excluding hydrogens is 266 g/mol. The van der Waals surface area contributed by atoms with Gasteiger partial charge < -0.3 is 10.1 Å². The molecule has 0 amide bonds. The van der Waals surface area contributed by atoms with E-state index in [-0.39, 0.29) is 0 Å². The van der Waals surface area contributed by atoms with Gasteiger partial charge >= 0.3 is 0 Å². The first-order valence-corrected chi connectivity index (χ1v) is 6.49. The molecule has 1 N–H and O–H groups in total. The Hall–Kier alpha value is -0.540. The molecule has 0 aromatic heterocycles. The molecule has 0 saturated heterocycles. The molecule has 1 atom stereocenters. The van der Waals surface area contributed by atoms with E-state index in [1.54, 1.807) is 7.11 Å². The van der Waals surface area contributed by atoms with Crippen LogP contribution < -0.4 is 10.1 Å². The van der Waals surface area contributed by atoms with Crippen LogP contribution in [0.1, 0.15) is 25.8 Å². The van der Waals surface area contributed by atoms with Crippen molar-refractivity contribution in [3.05, 3.63) is 28.2 Å². The Morgan fingerprint density at radius 3 is 2.81 bits per heavy atom. The quantitative estimate of drug-likeness (QED) is 0.862. The van der Waals surface area contributed by atoms with Crippen molar-refractivity contribution in [2.24, 2.45) is 5.92 Å². The lowest BCUT2D eigenvalue weighted by Crippen LogP contribution is -2.20. The molecule has 1 aromatic rings. The molecule has 0 fully saturated rings. The monoisotopic (exact) mass is 285 g/mol. The Balaban J connectivity index is 2.52. The molecule has 1 unspecified atom stereocenters. The van der Waals surface area contributed by atoms with Gasteiger partial charge in [-0.25, -0.2) is 0 Å². The van der Waals surface area contributed by atoms with E-state index in [1.165, 1.54) is 12.0 Å². The Kier molecular flexibility index (Phi) is 5.85. The fourth-order valence-corrected chi connectivity index (χ4v) is 1.80. The summed E-state index contributed by atoms with van der Waals surface area (Å²) in [6, 6.07) is 6.05. The average Bonchev–Trinajstić information content (AvgIpc) is 2.31. The van der Waals surface area contributed by atoms with Crippen molar-refractivity contribution in [3.8, 4) is 5.75 Å². The molecule has 2 nitrogen and oxygen atoms in total. The number of halogens is 1. The second-order valence-corrected chi connectivity index (χ2v) is 4.96. The van der Waals surface area contributed by atoms with Crippen LogP contribution in [0.5, 0.6) is 5.75 Å². The molecular formula is C13H20BrNO. The van der Waals surface area contributed by atoms with E-state index in [2.05, 4.69) is 41.2 Å². The largest absolute Gasteiger partial charge is 0.497 e. The third-order valence-corrected chi connectivity index (χ3v) is 3.53. The van der Waals surface area contributed by atoms with Gasteiger partial charge in [0.25, 0.3) is 0 Å². The molecule has 1 rings (SSSR count). The Labute approximate surface area is 107 Å². The fraction of sp³-hybridized carbons (Fsp3) is 0.538. The molecule has 0 spiro atoms. The minimum Gasteiger partial charge on any atom is -0.497 e. The van der Waals surface area contributed by atoms with Crippen LogP contribution in [0.15, 0.2) is 22.7 Å². The summed E-state index contributed by atoms with van der Waals surface area (Å²) in [4.78, 5) is 0. The van der Waals surface area contributed by atoms with Gasteiger partial charge in [0, 0.05) is 11.0 Å². The minimum atomic E-state index is 0.726.